The summed E-state index contributed by atoms with van der Waals surface area (Å²) >= 11 is 2.32. The number of halogens is 1. The second kappa shape index (κ2) is 5.52. The summed E-state index contributed by atoms with van der Waals surface area (Å²) < 4.78 is 1.09. The molecule has 0 radical (unpaired) electrons. The van der Waals surface area contributed by atoms with Crippen LogP contribution in [-0.4, -0.2) is 0 Å². The number of nitrogen functional groups attached to an aromatic ring is 1. The van der Waals surface area contributed by atoms with Gasteiger partial charge in [0.1, 0.15) is 0 Å². The second-order valence-corrected chi connectivity index (χ2v) is 7.87. The van der Waals surface area contributed by atoms with E-state index in [1.165, 1.54) is 28.2 Å². The molecule has 1 aliphatic heterocycles. The Morgan fingerprint density at radius 1 is 0.833 bits per heavy atom. The zero-order valence-corrected chi connectivity index (χ0v) is 15.9. The van der Waals surface area contributed by atoms with Gasteiger partial charge in [-0.3, -0.25) is 0 Å². The third kappa shape index (κ3) is 2.22. The first-order valence-corrected chi connectivity index (χ1v) is 9.12. The quantitative estimate of drug-likeness (QED) is 0.383. The number of para-hydroxylation sites is 2. The molecule has 3 heteroatoms. The molecular weight excluding hydrogens is 407 g/mol. The summed E-state index contributed by atoms with van der Waals surface area (Å²) in [6, 6.07) is 23.5. The average molecular weight is 426 g/mol. The second-order valence-electron chi connectivity index (χ2n) is 6.70. The van der Waals surface area contributed by atoms with Crippen LogP contribution in [0, 0.1) is 3.57 Å². The lowest BCUT2D eigenvalue weighted by Crippen LogP contribution is -2.30. The van der Waals surface area contributed by atoms with Crippen molar-refractivity contribution < 1.29 is 0 Å². The number of fused-ring (bicyclic) bond motifs is 2. The van der Waals surface area contributed by atoms with E-state index in [1.807, 2.05) is 0 Å². The Morgan fingerprint density at radius 3 is 2.25 bits per heavy atom. The highest BCUT2D eigenvalue weighted by atomic mass is 127. The minimum absolute atomic E-state index is 0.0876. The third-order valence-electron chi connectivity index (χ3n) is 4.86. The molecule has 0 spiro atoms. The smallest absolute Gasteiger partial charge is 0.0514 e. The molecule has 3 aromatic carbocycles. The van der Waals surface area contributed by atoms with Crippen LogP contribution in [0.3, 0.4) is 0 Å². The molecule has 4 rings (SSSR count). The first-order chi connectivity index (χ1) is 11.5. The lowest BCUT2D eigenvalue weighted by atomic mass is 9.73. The molecule has 0 saturated carbocycles. The minimum Gasteiger partial charge on any atom is -0.398 e. The van der Waals surface area contributed by atoms with E-state index in [0.717, 1.165) is 9.26 Å². The molecule has 1 heterocycles. The van der Waals surface area contributed by atoms with E-state index in [1.54, 1.807) is 0 Å². The zero-order chi connectivity index (χ0) is 16.9. The van der Waals surface area contributed by atoms with Crippen molar-refractivity contribution in [2.45, 2.75) is 19.3 Å². The Kier molecular flexibility index (Phi) is 3.57. The van der Waals surface area contributed by atoms with Crippen LogP contribution < -0.4 is 10.6 Å². The number of nitrogens with zero attached hydrogens (tertiary/aromatic N) is 1. The number of rotatable bonds is 1. The van der Waals surface area contributed by atoms with Gasteiger partial charge >= 0.3 is 0 Å². The van der Waals surface area contributed by atoms with Gasteiger partial charge in [0.15, 0.2) is 0 Å². The predicted molar refractivity (Wildman–Crippen MR) is 110 cm³/mol. The van der Waals surface area contributed by atoms with E-state index >= 15 is 0 Å². The summed E-state index contributed by atoms with van der Waals surface area (Å²) in [7, 11) is 0. The van der Waals surface area contributed by atoms with E-state index in [-0.39, 0.29) is 5.41 Å². The largest absolute Gasteiger partial charge is 0.398 e. The fourth-order valence-corrected chi connectivity index (χ4v) is 4.04. The van der Waals surface area contributed by atoms with Crippen LogP contribution in [0.5, 0.6) is 0 Å². The van der Waals surface area contributed by atoms with Crippen molar-refractivity contribution in [3.05, 3.63) is 81.4 Å². The Labute approximate surface area is 156 Å². The molecule has 2 nitrogen and oxygen atoms in total. The highest BCUT2D eigenvalue weighted by molar-refractivity contribution is 14.1. The number of hydrogen-bond acceptors (Lipinski definition) is 2. The van der Waals surface area contributed by atoms with Crippen molar-refractivity contribution in [1.82, 2.24) is 0 Å². The van der Waals surface area contributed by atoms with Crippen molar-refractivity contribution in [3.63, 3.8) is 0 Å². The van der Waals surface area contributed by atoms with Crippen LogP contribution in [0.15, 0.2) is 66.7 Å². The highest BCUT2D eigenvalue weighted by Gasteiger charge is 2.37. The molecule has 0 saturated heterocycles. The highest BCUT2D eigenvalue weighted by Crippen LogP contribution is 2.52. The van der Waals surface area contributed by atoms with Gasteiger partial charge in [0.25, 0.3) is 0 Å². The summed E-state index contributed by atoms with van der Waals surface area (Å²) in [6.45, 7) is 4.55. The van der Waals surface area contributed by atoms with Gasteiger partial charge in [-0.25, -0.2) is 0 Å². The van der Waals surface area contributed by atoms with Crippen molar-refractivity contribution >= 4 is 45.3 Å². The molecule has 0 unspecified atom stereocenters. The molecule has 0 aliphatic carbocycles. The van der Waals surface area contributed by atoms with E-state index in [0.29, 0.717) is 0 Å². The normalized spacial score (nSPS) is 14.9. The third-order valence-corrected chi connectivity index (χ3v) is 5.80. The molecule has 0 atom stereocenters. The molecule has 0 fully saturated rings. The molecular formula is C21H19IN2. The van der Waals surface area contributed by atoms with Crippen LogP contribution in [-0.2, 0) is 5.41 Å². The Balaban J connectivity index is 2.08. The van der Waals surface area contributed by atoms with E-state index < -0.39 is 0 Å². The van der Waals surface area contributed by atoms with Gasteiger partial charge in [-0.2, -0.15) is 0 Å². The number of nitrogens with two attached hydrogens (primary N) is 1. The van der Waals surface area contributed by atoms with E-state index in [9.17, 15) is 0 Å². The fourth-order valence-electron chi connectivity index (χ4n) is 3.59. The van der Waals surface area contributed by atoms with Crippen molar-refractivity contribution in [1.29, 1.82) is 0 Å². The first-order valence-electron chi connectivity index (χ1n) is 8.04. The molecule has 24 heavy (non-hydrogen) atoms. The maximum Gasteiger partial charge on any atom is 0.0514 e. The minimum atomic E-state index is -0.0876. The zero-order valence-electron chi connectivity index (χ0n) is 13.8. The number of anilines is 4. The first kappa shape index (κ1) is 15.5. The molecule has 120 valence electrons. The van der Waals surface area contributed by atoms with Gasteiger partial charge < -0.3 is 10.6 Å². The van der Waals surface area contributed by atoms with Crippen LogP contribution in [0.4, 0.5) is 22.7 Å². The predicted octanol–water partition coefficient (Wildman–Crippen LogP) is 5.98. The summed E-state index contributed by atoms with van der Waals surface area (Å²) in [5, 5.41) is 0. The van der Waals surface area contributed by atoms with Gasteiger partial charge in [-0.05, 0) is 64.0 Å². The standard InChI is InChI=1S/C21H19IN2/c1-21(2)15-10-6-7-11-19(15)24(14-8-4-3-5-9-14)20-13-17(22)18(23)12-16(20)21/h3-13H,23H2,1-2H3. The fraction of sp³-hybridized carbons (Fsp3) is 0.143. The Morgan fingerprint density at radius 2 is 1.50 bits per heavy atom. The summed E-state index contributed by atoms with van der Waals surface area (Å²) in [5.74, 6) is 0. The maximum absolute atomic E-state index is 6.24. The van der Waals surface area contributed by atoms with Crippen LogP contribution in [0.1, 0.15) is 25.0 Å². The monoisotopic (exact) mass is 426 g/mol. The average Bonchev–Trinajstić information content (AvgIpc) is 2.58. The molecule has 2 N–H and O–H groups in total. The van der Waals surface area contributed by atoms with Crippen LogP contribution in [0.2, 0.25) is 0 Å². The summed E-state index contributed by atoms with van der Waals surface area (Å²) in [6.07, 6.45) is 0. The Bertz CT molecular complexity index is 916. The maximum atomic E-state index is 6.24. The lowest BCUT2D eigenvalue weighted by molar-refractivity contribution is 0.632. The lowest BCUT2D eigenvalue weighted by Gasteiger charge is -2.42. The number of hydrogen-bond donors (Lipinski definition) is 1. The molecule has 1 aliphatic rings. The van der Waals surface area contributed by atoms with Crippen LogP contribution in [0.25, 0.3) is 0 Å². The Hall–Kier alpha value is -2.01. The van der Waals surface area contributed by atoms with Crippen molar-refractivity contribution in [3.8, 4) is 0 Å². The molecule has 3 aromatic rings. The van der Waals surface area contributed by atoms with E-state index in [2.05, 4.69) is 108 Å². The van der Waals surface area contributed by atoms with Gasteiger partial charge in [0.2, 0.25) is 0 Å². The number of benzene rings is 3. The van der Waals surface area contributed by atoms with Gasteiger partial charge in [-0.1, -0.05) is 50.2 Å². The van der Waals surface area contributed by atoms with Gasteiger partial charge in [-0.15, -0.1) is 0 Å². The van der Waals surface area contributed by atoms with Crippen molar-refractivity contribution in [2.75, 3.05) is 10.6 Å². The summed E-state index contributed by atoms with van der Waals surface area (Å²) in [5.41, 5.74) is 13.2. The van der Waals surface area contributed by atoms with Gasteiger partial charge in [0, 0.05) is 20.4 Å². The van der Waals surface area contributed by atoms with E-state index in [4.69, 9.17) is 5.73 Å². The topological polar surface area (TPSA) is 29.3 Å². The molecule has 0 bridgehead atoms. The molecule has 0 amide bonds. The molecule has 0 aromatic heterocycles. The van der Waals surface area contributed by atoms with Crippen LogP contribution >= 0.6 is 22.6 Å². The summed E-state index contributed by atoms with van der Waals surface area (Å²) in [4.78, 5) is 2.34. The SMILES string of the molecule is CC1(C)c2ccccc2N(c2ccccc2)c2cc(I)c(N)cc21. The van der Waals surface area contributed by atoms with Crippen molar-refractivity contribution in [2.24, 2.45) is 0 Å². The van der Waals surface area contributed by atoms with Gasteiger partial charge in [0.05, 0.1) is 11.4 Å².